The Bertz CT molecular complexity index is 1160. The Kier molecular flexibility index (Phi) is 5.54. The fourth-order valence-corrected chi connectivity index (χ4v) is 4.54. The van der Waals surface area contributed by atoms with Crippen LogP contribution in [0.25, 0.3) is 11.3 Å². The number of likely N-dealkylation sites (tertiary alicyclic amines) is 1. The SMILES string of the molecule is CCc1nccn1Cc1cc(-c2ccc(C#CC3[C@H]4CN(C(=O)COC)C[C@@H]34)cc2)on1. The van der Waals surface area contributed by atoms with Crippen LogP contribution in [-0.2, 0) is 22.5 Å². The summed E-state index contributed by atoms with van der Waals surface area (Å²) >= 11 is 0. The van der Waals surface area contributed by atoms with E-state index < -0.39 is 0 Å². The summed E-state index contributed by atoms with van der Waals surface area (Å²) in [7, 11) is 1.55. The number of methoxy groups -OCH3 is 1. The van der Waals surface area contributed by atoms with Crippen LogP contribution < -0.4 is 0 Å². The number of rotatable bonds is 6. The third-order valence-electron chi connectivity index (χ3n) is 6.38. The number of piperidine rings is 1. The van der Waals surface area contributed by atoms with E-state index in [0.29, 0.717) is 24.3 Å². The number of imidazole rings is 1. The lowest BCUT2D eigenvalue weighted by Crippen LogP contribution is -2.34. The molecule has 1 aromatic carbocycles. The molecule has 1 amide bonds. The molecule has 0 radical (unpaired) electrons. The van der Waals surface area contributed by atoms with Gasteiger partial charge in [0.2, 0.25) is 5.91 Å². The lowest BCUT2D eigenvalue weighted by atomic mass is 10.1. The van der Waals surface area contributed by atoms with Gasteiger partial charge in [0.1, 0.15) is 18.1 Å². The number of fused-ring (bicyclic) bond motifs is 1. The molecule has 2 aliphatic rings. The first-order valence-electron chi connectivity index (χ1n) is 11.0. The first-order chi connectivity index (χ1) is 15.7. The third kappa shape index (κ3) is 4.06. The van der Waals surface area contributed by atoms with Crippen LogP contribution in [0.1, 0.15) is 24.0 Å². The second-order valence-electron chi connectivity index (χ2n) is 8.44. The van der Waals surface area contributed by atoms with Crippen LogP contribution in [0.4, 0.5) is 0 Å². The van der Waals surface area contributed by atoms with E-state index in [1.165, 1.54) is 0 Å². The Morgan fingerprint density at radius 2 is 2.03 bits per heavy atom. The minimum absolute atomic E-state index is 0.0772. The molecule has 5 rings (SSSR count). The monoisotopic (exact) mass is 430 g/mol. The standard InChI is InChI=1S/C25H26N4O3/c1-3-24-26-10-11-28(24)13-19-12-23(32-27-19)18-7-4-17(5-8-18)6-9-20-21-14-29(15-22(20)21)25(30)16-31-2/h4-5,7-8,10-12,20-22H,3,13-16H2,1-2H3/t20?,21-,22+. The van der Waals surface area contributed by atoms with Gasteiger partial charge in [-0.2, -0.15) is 0 Å². The Labute approximate surface area is 187 Å². The Balaban J connectivity index is 1.18. The second kappa shape index (κ2) is 8.64. The molecule has 0 N–H and O–H groups in total. The number of ether oxygens (including phenoxy) is 1. The highest BCUT2D eigenvalue weighted by Crippen LogP contribution is 2.51. The van der Waals surface area contributed by atoms with Crippen LogP contribution in [0.3, 0.4) is 0 Å². The summed E-state index contributed by atoms with van der Waals surface area (Å²) in [4.78, 5) is 18.1. The molecule has 3 atom stereocenters. The summed E-state index contributed by atoms with van der Waals surface area (Å²) in [5, 5.41) is 4.21. The van der Waals surface area contributed by atoms with E-state index in [2.05, 4.69) is 33.5 Å². The normalized spacial score (nSPS) is 21.2. The van der Waals surface area contributed by atoms with Crippen molar-refractivity contribution in [3.63, 3.8) is 0 Å². The maximum absolute atomic E-state index is 11.9. The van der Waals surface area contributed by atoms with Crippen molar-refractivity contribution in [1.82, 2.24) is 19.6 Å². The van der Waals surface area contributed by atoms with Crippen LogP contribution in [0, 0.1) is 29.6 Å². The Morgan fingerprint density at radius 1 is 1.25 bits per heavy atom. The van der Waals surface area contributed by atoms with Crippen molar-refractivity contribution in [3.8, 4) is 23.2 Å². The van der Waals surface area contributed by atoms with Crippen molar-refractivity contribution in [2.24, 2.45) is 17.8 Å². The van der Waals surface area contributed by atoms with Gasteiger partial charge in [0.15, 0.2) is 5.76 Å². The topological polar surface area (TPSA) is 73.4 Å². The molecule has 1 unspecified atom stereocenters. The smallest absolute Gasteiger partial charge is 0.248 e. The van der Waals surface area contributed by atoms with Crippen LogP contribution in [-0.4, -0.2) is 52.3 Å². The van der Waals surface area contributed by atoms with Crippen molar-refractivity contribution in [3.05, 3.63) is 59.8 Å². The number of benzene rings is 1. The maximum Gasteiger partial charge on any atom is 0.248 e. The number of hydrogen-bond donors (Lipinski definition) is 0. The minimum Gasteiger partial charge on any atom is -0.375 e. The highest BCUT2D eigenvalue weighted by molar-refractivity contribution is 5.78. The molecular weight excluding hydrogens is 404 g/mol. The van der Waals surface area contributed by atoms with E-state index in [-0.39, 0.29) is 12.5 Å². The molecule has 0 bridgehead atoms. The molecule has 3 heterocycles. The number of amides is 1. The van der Waals surface area contributed by atoms with Gasteiger partial charge in [0.05, 0.1) is 6.54 Å². The van der Waals surface area contributed by atoms with Gasteiger partial charge in [-0.25, -0.2) is 4.98 Å². The number of nitrogens with zero attached hydrogens (tertiary/aromatic N) is 4. The molecule has 2 fully saturated rings. The van der Waals surface area contributed by atoms with Gasteiger partial charge < -0.3 is 18.7 Å². The van der Waals surface area contributed by atoms with Gasteiger partial charge in [-0.3, -0.25) is 4.79 Å². The first kappa shape index (κ1) is 20.5. The predicted molar refractivity (Wildman–Crippen MR) is 118 cm³/mol. The summed E-state index contributed by atoms with van der Waals surface area (Å²) in [5.41, 5.74) is 2.83. The van der Waals surface area contributed by atoms with Crippen molar-refractivity contribution >= 4 is 5.91 Å². The van der Waals surface area contributed by atoms with Crippen LogP contribution in [0.15, 0.2) is 47.2 Å². The van der Waals surface area contributed by atoms with E-state index in [9.17, 15) is 4.79 Å². The fourth-order valence-electron chi connectivity index (χ4n) is 4.54. The minimum atomic E-state index is 0.0772. The number of aromatic nitrogens is 3. The van der Waals surface area contributed by atoms with Crippen LogP contribution in [0.2, 0.25) is 0 Å². The van der Waals surface area contributed by atoms with E-state index in [0.717, 1.165) is 47.9 Å². The van der Waals surface area contributed by atoms with Gasteiger partial charge >= 0.3 is 0 Å². The van der Waals surface area contributed by atoms with Gasteiger partial charge in [-0.1, -0.05) is 23.9 Å². The van der Waals surface area contributed by atoms with Crippen molar-refractivity contribution in [1.29, 1.82) is 0 Å². The molecule has 32 heavy (non-hydrogen) atoms. The summed E-state index contributed by atoms with van der Waals surface area (Å²) in [6.07, 6.45) is 4.65. The van der Waals surface area contributed by atoms with Crippen molar-refractivity contribution in [2.45, 2.75) is 19.9 Å². The number of carbonyl (C=O) groups excluding carboxylic acids is 1. The molecule has 7 heteroatoms. The van der Waals surface area contributed by atoms with E-state index in [1.54, 1.807) is 7.11 Å². The molecule has 7 nitrogen and oxygen atoms in total. The van der Waals surface area contributed by atoms with E-state index >= 15 is 0 Å². The van der Waals surface area contributed by atoms with Crippen LogP contribution in [0.5, 0.6) is 0 Å². The maximum atomic E-state index is 11.9. The highest BCUT2D eigenvalue weighted by Gasteiger charge is 2.55. The van der Waals surface area contributed by atoms with Gasteiger partial charge in [0.25, 0.3) is 0 Å². The second-order valence-corrected chi connectivity index (χ2v) is 8.44. The average Bonchev–Trinajstić information content (AvgIpc) is 3.29. The molecule has 1 saturated carbocycles. The largest absolute Gasteiger partial charge is 0.375 e. The molecule has 0 spiro atoms. The quantitative estimate of drug-likeness (QED) is 0.563. The third-order valence-corrected chi connectivity index (χ3v) is 6.38. The fraction of sp³-hybridized carbons (Fsp3) is 0.400. The molecule has 1 aliphatic carbocycles. The summed E-state index contributed by atoms with van der Waals surface area (Å²) in [6, 6.07) is 10.0. The molecule has 2 aromatic heterocycles. The number of hydrogen-bond acceptors (Lipinski definition) is 5. The predicted octanol–water partition coefficient (Wildman–Crippen LogP) is 2.85. The van der Waals surface area contributed by atoms with Gasteiger partial charge in [-0.15, -0.1) is 0 Å². The van der Waals surface area contributed by atoms with Crippen molar-refractivity contribution < 1.29 is 14.1 Å². The highest BCUT2D eigenvalue weighted by atomic mass is 16.5. The molecule has 1 aliphatic heterocycles. The zero-order valence-electron chi connectivity index (χ0n) is 18.3. The van der Waals surface area contributed by atoms with E-state index in [1.807, 2.05) is 47.6 Å². The lowest BCUT2D eigenvalue weighted by molar-refractivity contribution is -0.134. The van der Waals surface area contributed by atoms with Crippen molar-refractivity contribution in [2.75, 3.05) is 26.8 Å². The van der Waals surface area contributed by atoms with Crippen LogP contribution >= 0.6 is 0 Å². The Hall–Kier alpha value is -3.37. The first-order valence-corrected chi connectivity index (χ1v) is 11.0. The summed E-state index contributed by atoms with van der Waals surface area (Å²) < 4.78 is 12.6. The molecule has 164 valence electrons. The molecular formula is C25H26N4O3. The van der Waals surface area contributed by atoms with E-state index in [4.69, 9.17) is 9.26 Å². The van der Waals surface area contributed by atoms with Gasteiger partial charge in [-0.05, 0) is 36.1 Å². The summed E-state index contributed by atoms with van der Waals surface area (Å²) in [6.45, 7) is 4.51. The molecule has 3 aromatic rings. The number of carbonyl (C=O) groups is 1. The Morgan fingerprint density at radius 3 is 2.75 bits per heavy atom. The summed E-state index contributed by atoms with van der Waals surface area (Å²) in [5.74, 6) is 9.98. The molecule has 1 saturated heterocycles. The lowest BCUT2D eigenvalue weighted by Gasteiger charge is -2.18. The number of aryl methyl sites for hydroxylation is 1. The zero-order chi connectivity index (χ0) is 22.1. The van der Waals surface area contributed by atoms with Gasteiger partial charge in [0, 0.05) is 62.1 Å². The zero-order valence-corrected chi connectivity index (χ0v) is 18.3. The average molecular weight is 431 g/mol.